The number of benzene rings is 1. The van der Waals surface area contributed by atoms with Crippen molar-refractivity contribution < 1.29 is 9.26 Å². The third kappa shape index (κ3) is 4.30. The number of thioether (sulfide) groups is 1. The van der Waals surface area contributed by atoms with E-state index in [2.05, 4.69) is 10.1 Å². The summed E-state index contributed by atoms with van der Waals surface area (Å²) in [7, 11) is 0. The lowest BCUT2D eigenvalue weighted by atomic mass is 10.1. The molecule has 0 aliphatic heterocycles. The second kappa shape index (κ2) is 8.17. The molecule has 1 aromatic carbocycles. The predicted octanol–water partition coefficient (Wildman–Crippen LogP) is 2.95. The first kappa shape index (κ1) is 16.0. The van der Waals surface area contributed by atoms with Gasteiger partial charge in [0.05, 0.1) is 6.04 Å². The molecule has 2 N–H and O–H groups in total. The van der Waals surface area contributed by atoms with E-state index < -0.39 is 0 Å². The Hall–Kier alpha value is -1.37. The second-order valence-electron chi connectivity index (χ2n) is 4.62. The molecule has 0 radical (unpaired) electrons. The largest absolute Gasteiger partial charge is 0.366 e. The van der Waals surface area contributed by atoms with Crippen molar-refractivity contribution in [1.29, 1.82) is 0 Å². The fraction of sp³-hybridized carbons (Fsp3) is 0.467. The number of aromatic nitrogens is 2. The third-order valence-electron chi connectivity index (χ3n) is 3.08. The quantitative estimate of drug-likeness (QED) is 0.808. The van der Waals surface area contributed by atoms with E-state index in [1.807, 2.05) is 43.5 Å². The summed E-state index contributed by atoms with van der Waals surface area (Å²) < 4.78 is 11.1. The van der Waals surface area contributed by atoms with Crippen LogP contribution in [0.3, 0.4) is 0 Å². The highest BCUT2D eigenvalue weighted by Gasteiger charge is 2.22. The number of hydrogen-bond acceptors (Lipinski definition) is 6. The molecular formula is C15H21N3O2S. The highest BCUT2D eigenvalue weighted by Crippen LogP contribution is 2.25. The third-order valence-corrected chi connectivity index (χ3v) is 3.72. The average Bonchev–Trinajstić information content (AvgIpc) is 3.00. The van der Waals surface area contributed by atoms with Crippen LogP contribution in [0.25, 0.3) is 0 Å². The Morgan fingerprint density at radius 3 is 2.76 bits per heavy atom. The molecule has 0 saturated heterocycles. The van der Waals surface area contributed by atoms with Gasteiger partial charge in [0.2, 0.25) is 11.7 Å². The molecule has 0 fully saturated rings. The fourth-order valence-corrected chi connectivity index (χ4v) is 2.48. The van der Waals surface area contributed by atoms with Crippen molar-refractivity contribution in [3.05, 3.63) is 47.6 Å². The Morgan fingerprint density at radius 2 is 2.10 bits per heavy atom. The molecule has 0 saturated carbocycles. The molecule has 0 bridgehead atoms. The van der Waals surface area contributed by atoms with E-state index in [0.717, 1.165) is 17.7 Å². The fourth-order valence-electron chi connectivity index (χ4n) is 1.99. The highest BCUT2D eigenvalue weighted by atomic mass is 32.2. The first-order valence-electron chi connectivity index (χ1n) is 7.00. The van der Waals surface area contributed by atoms with Crippen LogP contribution in [-0.4, -0.2) is 28.8 Å². The van der Waals surface area contributed by atoms with E-state index in [-0.39, 0.29) is 12.1 Å². The van der Waals surface area contributed by atoms with Crippen molar-refractivity contribution in [2.24, 2.45) is 5.73 Å². The van der Waals surface area contributed by atoms with Crippen LogP contribution in [0.1, 0.15) is 42.8 Å². The van der Waals surface area contributed by atoms with E-state index in [1.54, 1.807) is 11.8 Å². The minimum Gasteiger partial charge on any atom is -0.366 e. The summed E-state index contributed by atoms with van der Waals surface area (Å²) in [5, 5.41) is 4.04. The van der Waals surface area contributed by atoms with Gasteiger partial charge in [-0.1, -0.05) is 35.5 Å². The normalized spacial score (nSPS) is 14.0. The van der Waals surface area contributed by atoms with Crippen LogP contribution in [-0.2, 0) is 4.74 Å². The Balaban J connectivity index is 2.16. The van der Waals surface area contributed by atoms with Crippen LogP contribution >= 0.6 is 11.8 Å². The SMILES string of the molecule is CCOC(c1ccccc1)c1noc([C@H](N)CCSC)n1. The van der Waals surface area contributed by atoms with Crippen LogP contribution in [0.5, 0.6) is 0 Å². The van der Waals surface area contributed by atoms with Crippen molar-refractivity contribution in [2.45, 2.75) is 25.5 Å². The van der Waals surface area contributed by atoms with Crippen LogP contribution in [0.4, 0.5) is 0 Å². The zero-order valence-electron chi connectivity index (χ0n) is 12.4. The molecule has 1 unspecified atom stereocenters. The standard InChI is InChI=1S/C15H21N3O2S/c1-3-19-13(11-7-5-4-6-8-11)14-17-15(20-18-14)12(16)9-10-21-2/h4-8,12-13H,3,9-10,16H2,1-2H3/t12-,13?/m1/s1. The van der Waals surface area contributed by atoms with Crippen LogP contribution < -0.4 is 5.73 Å². The van der Waals surface area contributed by atoms with Crippen LogP contribution in [0.2, 0.25) is 0 Å². The molecular weight excluding hydrogens is 286 g/mol. The molecule has 0 aliphatic carbocycles. The van der Waals surface area contributed by atoms with Crippen LogP contribution in [0.15, 0.2) is 34.9 Å². The molecule has 114 valence electrons. The van der Waals surface area contributed by atoms with Gasteiger partial charge in [-0.3, -0.25) is 0 Å². The van der Waals surface area contributed by atoms with E-state index in [9.17, 15) is 0 Å². The lowest BCUT2D eigenvalue weighted by Gasteiger charge is -2.13. The molecule has 0 aliphatic rings. The predicted molar refractivity (Wildman–Crippen MR) is 84.1 cm³/mol. The summed E-state index contributed by atoms with van der Waals surface area (Å²) in [6.07, 6.45) is 2.54. The number of hydrogen-bond donors (Lipinski definition) is 1. The van der Waals surface area contributed by atoms with Gasteiger partial charge in [-0.15, -0.1) is 0 Å². The van der Waals surface area contributed by atoms with Gasteiger partial charge >= 0.3 is 0 Å². The Kier molecular flexibility index (Phi) is 6.22. The Morgan fingerprint density at radius 1 is 1.33 bits per heavy atom. The molecule has 2 atom stereocenters. The zero-order chi connectivity index (χ0) is 15.1. The van der Waals surface area contributed by atoms with Crippen molar-refractivity contribution >= 4 is 11.8 Å². The number of nitrogens with two attached hydrogens (primary N) is 1. The van der Waals surface area contributed by atoms with E-state index in [4.69, 9.17) is 15.0 Å². The minimum absolute atomic E-state index is 0.225. The topological polar surface area (TPSA) is 74.2 Å². The van der Waals surface area contributed by atoms with E-state index in [1.165, 1.54) is 0 Å². The van der Waals surface area contributed by atoms with E-state index >= 15 is 0 Å². The Bertz CT molecular complexity index is 533. The first-order valence-corrected chi connectivity index (χ1v) is 8.40. The molecule has 1 heterocycles. The smallest absolute Gasteiger partial charge is 0.243 e. The summed E-state index contributed by atoms with van der Waals surface area (Å²) in [6, 6.07) is 9.65. The van der Waals surface area contributed by atoms with Crippen molar-refractivity contribution in [3.8, 4) is 0 Å². The molecule has 0 amide bonds. The summed E-state index contributed by atoms with van der Waals surface area (Å²) in [5.41, 5.74) is 7.06. The summed E-state index contributed by atoms with van der Waals surface area (Å²) >= 11 is 1.75. The average molecular weight is 307 g/mol. The van der Waals surface area contributed by atoms with Crippen LogP contribution in [0, 0.1) is 0 Å². The van der Waals surface area contributed by atoms with Gasteiger partial charge < -0.3 is 15.0 Å². The molecule has 21 heavy (non-hydrogen) atoms. The maximum Gasteiger partial charge on any atom is 0.243 e. The van der Waals surface area contributed by atoms with Crippen molar-refractivity contribution in [3.63, 3.8) is 0 Å². The number of ether oxygens (including phenoxy) is 1. The second-order valence-corrected chi connectivity index (χ2v) is 5.61. The zero-order valence-corrected chi connectivity index (χ0v) is 13.2. The van der Waals surface area contributed by atoms with Gasteiger partial charge in [0, 0.05) is 6.61 Å². The molecule has 1 aromatic heterocycles. The molecule has 6 heteroatoms. The maximum atomic E-state index is 6.06. The molecule has 2 aromatic rings. The summed E-state index contributed by atoms with van der Waals surface area (Å²) in [4.78, 5) is 4.42. The Labute approximate surface area is 129 Å². The lowest BCUT2D eigenvalue weighted by Crippen LogP contribution is -2.12. The molecule has 5 nitrogen and oxygen atoms in total. The van der Waals surface area contributed by atoms with Gasteiger partial charge in [-0.05, 0) is 30.9 Å². The van der Waals surface area contributed by atoms with Crippen molar-refractivity contribution in [2.75, 3.05) is 18.6 Å². The monoisotopic (exact) mass is 307 g/mol. The highest BCUT2D eigenvalue weighted by molar-refractivity contribution is 7.98. The first-order chi connectivity index (χ1) is 10.3. The number of nitrogens with zero attached hydrogens (tertiary/aromatic N) is 2. The summed E-state index contributed by atoms with van der Waals surface area (Å²) in [5.74, 6) is 1.96. The minimum atomic E-state index is -0.318. The van der Waals surface area contributed by atoms with Gasteiger partial charge in [0.25, 0.3) is 0 Å². The van der Waals surface area contributed by atoms with Gasteiger partial charge in [0.15, 0.2) is 0 Å². The molecule has 2 rings (SSSR count). The summed E-state index contributed by atoms with van der Waals surface area (Å²) in [6.45, 7) is 2.52. The van der Waals surface area contributed by atoms with Gasteiger partial charge in [-0.25, -0.2) is 0 Å². The van der Waals surface area contributed by atoms with Gasteiger partial charge in [0.1, 0.15) is 6.10 Å². The van der Waals surface area contributed by atoms with Crippen molar-refractivity contribution in [1.82, 2.24) is 10.1 Å². The van der Waals surface area contributed by atoms with E-state index in [0.29, 0.717) is 18.3 Å². The molecule has 0 spiro atoms. The lowest BCUT2D eigenvalue weighted by molar-refractivity contribution is 0.0833. The maximum absolute atomic E-state index is 6.06. The van der Waals surface area contributed by atoms with Gasteiger partial charge in [-0.2, -0.15) is 16.7 Å². The number of rotatable bonds is 8.